The molecule has 4 rings (SSSR count). The van der Waals surface area contributed by atoms with Crippen molar-refractivity contribution >= 4 is 44.9 Å². The maximum atomic E-state index is 12.7. The number of alkyl halides is 3. The second-order valence-electron chi connectivity index (χ2n) is 6.67. The number of thiophene rings is 1. The fourth-order valence-electron chi connectivity index (χ4n) is 3.33. The molecule has 0 saturated heterocycles. The van der Waals surface area contributed by atoms with Crippen LogP contribution in [0.3, 0.4) is 0 Å². The van der Waals surface area contributed by atoms with Crippen molar-refractivity contribution in [2.45, 2.75) is 31.2 Å². The topological polar surface area (TPSA) is 74.8 Å². The average Bonchev–Trinajstić information content (AvgIpc) is 3.22. The van der Waals surface area contributed by atoms with Crippen LogP contribution in [0.1, 0.15) is 28.2 Å². The molecule has 0 bridgehead atoms. The highest BCUT2D eigenvalue weighted by Crippen LogP contribution is 2.34. The van der Waals surface area contributed by atoms with Gasteiger partial charge in [-0.05, 0) is 43.0 Å². The molecule has 1 aliphatic carbocycles. The van der Waals surface area contributed by atoms with Crippen LogP contribution < -0.4 is 10.9 Å². The predicted molar refractivity (Wildman–Crippen MR) is 109 cm³/mol. The van der Waals surface area contributed by atoms with E-state index in [-0.39, 0.29) is 17.0 Å². The number of rotatable bonds is 5. The Balaban J connectivity index is 1.37. The number of fused-ring (bicyclic) bond motifs is 3. The van der Waals surface area contributed by atoms with E-state index in [0.29, 0.717) is 17.0 Å². The average molecular weight is 439 g/mol. The number of H-pyrrole nitrogens is 1. The van der Waals surface area contributed by atoms with Crippen molar-refractivity contribution in [1.82, 2.24) is 9.97 Å². The zero-order valence-corrected chi connectivity index (χ0v) is 16.7. The predicted octanol–water partition coefficient (Wildman–Crippen LogP) is 4.36. The molecule has 2 heterocycles. The van der Waals surface area contributed by atoms with Crippen molar-refractivity contribution in [3.63, 3.8) is 0 Å². The number of hydrogen-bond acceptors (Lipinski definition) is 5. The van der Waals surface area contributed by atoms with Crippen LogP contribution in [0.2, 0.25) is 0 Å². The third kappa shape index (κ3) is 4.32. The molecule has 0 fully saturated rings. The number of benzene rings is 1. The van der Waals surface area contributed by atoms with Gasteiger partial charge in [-0.1, -0.05) is 6.07 Å². The number of amides is 1. The Labute approximate surface area is 171 Å². The molecule has 0 atom stereocenters. The van der Waals surface area contributed by atoms with E-state index in [4.69, 9.17) is 0 Å². The first-order valence-electron chi connectivity index (χ1n) is 8.89. The van der Waals surface area contributed by atoms with Crippen molar-refractivity contribution in [1.29, 1.82) is 0 Å². The Morgan fingerprint density at radius 2 is 2.14 bits per heavy atom. The molecule has 2 N–H and O–H groups in total. The lowest BCUT2D eigenvalue weighted by Crippen LogP contribution is -2.16. The summed E-state index contributed by atoms with van der Waals surface area (Å²) in [5.74, 6) is 0.412. The summed E-state index contributed by atoms with van der Waals surface area (Å²) in [5, 5.41) is 3.14. The molecule has 5 nitrogen and oxygen atoms in total. The molecule has 0 saturated carbocycles. The third-order valence-corrected chi connectivity index (χ3v) is 6.70. The highest BCUT2D eigenvalue weighted by molar-refractivity contribution is 7.99. The molecule has 29 heavy (non-hydrogen) atoms. The minimum Gasteiger partial charge on any atom is -0.325 e. The maximum Gasteiger partial charge on any atom is 0.416 e. The fraction of sp³-hybridized carbons (Fsp3) is 0.316. The van der Waals surface area contributed by atoms with Crippen molar-refractivity contribution in [3.05, 3.63) is 56.4 Å². The van der Waals surface area contributed by atoms with E-state index in [2.05, 4.69) is 15.3 Å². The van der Waals surface area contributed by atoms with Crippen LogP contribution in [0.15, 0.2) is 29.1 Å². The zero-order valence-electron chi connectivity index (χ0n) is 15.1. The van der Waals surface area contributed by atoms with E-state index in [1.54, 1.807) is 11.3 Å². The molecule has 152 valence electrons. The minimum absolute atomic E-state index is 0.0267. The Morgan fingerprint density at radius 1 is 1.31 bits per heavy atom. The molecule has 1 amide bonds. The zero-order chi connectivity index (χ0) is 20.6. The molecule has 10 heteroatoms. The summed E-state index contributed by atoms with van der Waals surface area (Å²) in [4.78, 5) is 33.7. The summed E-state index contributed by atoms with van der Waals surface area (Å²) < 4.78 is 38.2. The molecule has 3 aromatic rings. The maximum absolute atomic E-state index is 12.7. The van der Waals surface area contributed by atoms with Crippen molar-refractivity contribution in [2.75, 3.05) is 11.1 Å². The van der Waals surface area contributed by atoms with Crippen LogP contribution in [0.25, 0.3) is 10.2 Å². The number of aromatic amines is 1. The first-order chi connectivity index (χ1) is 13.8. The van der Waals surface area contributed by atoms with Gasteiger partial charge >= 0.3 is 6.18 Å². The van der Waals surface area contributed by atoms with Crippen LogP contribution in [0, 0.1) is 0 Å². The van der Waals surface area contributed by atoms with E-state index in [9.17, 15) is 22.8 Å². The van der Waals surface area contributed by atoms with Crippen LogP contribution in [-0.4, -0.2) is 21.6 Å². The molecule has 0 aliphatic heterocycles. The van der Waals surface area contributed by atoms with E-state index in [0.717, 1.165) is 41.8 Å². The molecule has 0 spiro atoms. The van der Waals surface area contributed by atoms with Gasteiger partial charge in [0.2, 0.25) is 5.91 Å². The molecule has 0 unspecified atom stereocenters. The first kappa shape index (κ1) is 20.0. The van der Waals surface area contributed by atoms with Crippen LogP contribution in [-0.2, 0) is 29.6 Å². The summed E-state index contributed by atoms with van der Waals surface area (Å²) in [5.41, 5.74) is 0.226. The van der Waals surface area contributed by atoms with Gasteiger partial charge in [0.15, 0.2) is 0 Å². The molecular formula is C19H16F3N3O2S2. The number of carbonyl (C=O) groups excluding carboxylic acids is 1. The number of hydrogen-bond donors (Lipinski definition) is 2. The fourth-order valence-corrected chi connectivity index (χ4v) is 5.30. The smallest absolute Gasteiger partial charge is 0.325 e. The van der Waals surface area contributed by atoms with Crippen LogP contribution >= 0.6 is 23.1 Å². The van der Waals surface area contributed by atoms with E-state index < -0.39 is 17.6 Å². The SMILES string of the molecule is O=C(CSCc1nc2sc3c(c2c(=O)[nH]1)CCC3)Nc1cccc(C(F)(F)F)c1. The Kier molecular flexibility index (Phi) is 5.39. The molecule has 1 aromatic carbocycles. The summed E-state index contributed by atoms with van der Waals surface area (Å²) >= 11 is 2.78. The van der Waals surface area contributed by atoms with Crippen LogP contribution in [0.4, 0.5) is 18.9 Å². The van der Waals surface area contributed by atoms with E-state index in [1.165, 1.54) is 28.8 Å². The normalized spacial score (nSPS) is 13.6. The van der Waals surface area contributed by atoms with Gasteiger partial charge in [0.05, 0.1) is 22.5 Å². The number of carbonyl (C=O) groups is 1. The second kappa shape index (κ2) is 7.83. The van der Waals surface area contributed by atoms with Gasteiger partial charge in [-0.2, -0.15) is 13.2 Å². The minimum atomic E-state index is -4.46. The number of anilines is 1. The monoisotopic (exact) mass is 439 g/mol. The summed E-state index contributed by atoms with van der Waals surface area (Å²) in [6, 6.07) is 4.49. The summed E-state index contributed by atoms with van der Waals surface area (Å²) in [6.07, 6.45) is -1.51. The number of aromatic nitrogens is 2. The lowest BCUT2D eigenvalue weighted by atomic mass is 10.2. The lowest BCUT2D eigenvalue weighted by Gasteiger charge is -2.09. The first-order valence-corrected chi connectivity index (χ1v) is 10.9. The molecule has 2 aromatic heterocycles. The Hall–Kier alpha value is -2.33. The Morgan fingerprint density at radius 3 is 2.93 bits per heavy atom. The van der Waals surface area contributed by atoms with Crippen molar-refractivity contribution < 1.29 is 18.0 Å². The lowest BCUT2D eigenvalue weighted by molar-refractivity contribution is -0.137. The number of nitrogens with zero attached hydrogens (tertiary/aromatic N) is 1. The van der Waals surface area contributed by atoms with Gasteiger partial charge in [0, 0.05) is 10.6 Å². The second-order valence-corrected chi connectivity index (χ2v) is 8.74. The third-order valence-electron chi connectivity index (χ3n) is 4.57. The number of thioether (sulfide) groups is 1. The highest BCUT2D eigenvalue weighted by atomic mass is 32.2. The number of aryl methyl sites for hydroxylation is 2. The van der Waals surface area contributed by atoms with Gasteiger partial charge in [-0.15, -0.1) is 23.1 Å². The molecule has 1 aliphatic rings. The summed E-state index contributed by atoms with van der Waals surface area (Å²) in [7, 11) is 0. The van der Waals surface area contributed by atoms with Gasteiger partial charge in [-0.25, -0.2) is 4.98 Å². The van der Waals surface area contributed by atoms with Crippen LogP contribution in [0.5, 0.6) is 0 Å². The van der Waals surface area contributed by atoms with Gasteiger partial charge in [0.25, 0.3) is 5.56 Å². The highest BCUT2D eigenvalue weighted by Gasteiger charge is 2.30. The van der Waals surface area contributed by atoms with E-state index >= 15 is 0 Å². The standard InChI is InChI=1S/C19H16F3N3O2S2/c20-19(21,22)10-3-1-4-11(7-10)23-15(26)9-28-8-14-24-17(27)16-12-5-2-6-13(12)29-18(16)25-14/h1,3-4,7H,2,5-6,8-9H2,(H,23,26)(H,24,25,27). The number of halogens is 3. The largest absolute Gasteiger partial charge is 0.416 e. The van der Waals surface area contributed by atoms with Crippen molar-refractivity contribution in [3.8, 4) is 0 Å². The molecule has 0 radical (unpaired) electrons. The Bertz CT molecular complexity index is 1140. The van der Waals surface area contributed by atoms with Gasteiger partial charge in [0.1, 0.15) is 10.7 Å². The summed E-state index contributed by atoms with van der Waals surface area (Å²) in [6.45, 7) is 0. The van der Waals surface area contributed by atoms with Gasteiger partial charge in [-0.3, -0.25) is 9.59 Å². The van der Waals surface area contributed by atoms with Crippen molar-refractivity contribution in [2.24, 2.45) is 0 Å². The number of nitrogens with one attached hydrogen (secondary N) is 2. The van der Waals surface area contributed by atoms with Gasteiger partial charge < -0.3 is 10.3 Å². The van der Waals surface area contributed by atoms with E-state index in [1.807, 2.05) is 0 Å². The quantitative estimate of drug-likeness (QED) is 0.619. The molecular weight excluding hydrogens is 423 g/mol.